The van der Waals surface area contributed by atoms with Crippen LogP contribution in [-0.4, -0.2) is 0 Å². The van der Waals surface area contributed by atoms with Crippen molar-refractivity contribution in [3.8, 4) is 11.3 Å². The smallest absolute Gasteiger partial charge is 0.192 e. The summed E-state index contributed by atoms with van der Waals surface area (Å²) < 4.78 is 2.37. The van der Waals surface area contributed by atoms with E-state index in [1.807, 2.05) is 0 Å². The molecule has 0 N–H and O–H groups in total. The number of nitrogens with zero attached hydrogens (tertiary/aromatic N) is 1. The molecule has 1 aromatic carbocycles. The van der Waals surface area contributed by atoms with Gasteiger partial charge in [0.05, 0.1) is 11.0 Å². The predicted molar refractivity (Wildman–Crippen MR) is 78.9 cm³/mol. The van der Waals surface area contributed by atoms with Gasteiger partial charge in [0.15, 0.2) is 11.7 Å². The highest BCUT2D eigenvalue weighted by molar-refractivity contribution is 5.66. The molecule has 0 saturated carbocycles. The Hall–Kier alpha value is -1.89. The van der Waals surface area contributed by atoms with Crippen LogP contribution in [0.15, 0.2) is 61.3 Å². The third kappa shape index (κ3) is 1.39. The van der Waals surface area contributed by atoms with Gasteiger partial charge in [-0.25, -0.2) is 0 Å². The second kappa shape index (κ2) is 3.80. The number of hydrogen-bond acceptors (Lipinski definition) is 0. The third-order valence-corrected chi connectivity index (χ3v) is 4.90. The van der Waals surface area contributed by atoms with Gasteiger partial charge in [-0.1, -0.05) is 24.3 Å². The van der Waals surface area contributed by atoms with Crippen LogP contribution in [0.25, 0.3) is 11.3 Å². The summed E-state index contributed by atoms with van der Waals surface area (Å²) in [6.07, 6.45) is 4.27. The summed E-state index contributed by atoms with van der Waals surface area (Å²) in [6, 6.07) is 15.1. The summed E-state index contributed by atoms with van der Waals surface area (Å²) >= 11 is 0. The first-order valence-corrected chi connectivity index (χ1v) is 6.77. The molecule has 2 aromatic rings. The van der Waals surface area contributed by atoms with E-state index in [1.54, 1.807) is 0 Å². The minimum Gasteiger partial charge on any atom is -0.192 e. The monoisotopic (exact) mass is 250 g/mol. The molecule has 1 aromatic heterocycles. The Morgan fingerprint density at radius 2 is 1.68 bits per heavy atom. The number of pyridine rings is 1. The van der Waals surface area contributed by atoms with E-state index in [-0.39, 0.29) is 11.0 Å². The molecule has 19 heavy (non-hydrogen) atoms. The molecule has 1 aliphatic rings. The molecule has 0 spiro atoms. The van der Waals surface area contributed by atoms with Crippen LogP contribution in [-0.2, 0) is 11.0 Å². The van der Waals surface area contributed by atoms with E-state index in [2.05, 4.69) is 86.7 Å². The number of aromatic nitrogens is 1. The molecule has 0 aliphatic carbocycles. The highest BCUT2D eigenvalue weighted by Crippen LogP contribution is 2.46. The van der Waals surface area contributed by atoms with Crippen molar-refractivity contribution in [1.29, 1.82) is 0 Å². The van der Waals surface area contributed by atoms with Crippen molar-refractivity contribution in [2.45, 2.75) is 31.7 Å². The highest BCUT2D eigenvalue weighted by atomic mass is 15.1. The quantitative estimate of drug-likeness (QED) is 0.535. The molecule has 1 aliphatic heterocycles. The van der Waals surface area contributed by atoms with Crippen molar-refractivity contribution < 1.29 is 4.57 Å². The topological polar surface area (TPSA) is 3.88 Å². The molecular formula is C18H20N+. The SMILES string of the molecule is C=CC1(C)c2ccccc2-c2cccc[n+]2C1(C)C. The van der Waals surface area contributed by atoms with Crippen molar-refractivity contribution >= 4 is 0 Å². The molecule has 1 nitrogen and oxygen atoms in total. The lowest BCUT2D eigenvalue weighted by Gasteiger charge is -2.42. The lowest BCUT2D eigenvalue weighted by atomic mass is 9.64. The number of rotatable bonds is 1. The maximum atomic E-state index is 4.11. The fourth-order valence-corrected chi connectivity index (χ4v) is 3.25. The molecule has 1 heteroatoms. The largest absolute Gasteiger partial charge is 0.213 e. The summed E-state index contributed by atoms with van der Waals surface area (Å²) in [7, 11) is 0. The van der Waals surface area contributed by atoms with Crippen molar-refractivity contribution in [2.24, 2.45) is 0 Å². The molecule has 96 valence electrons. The lowest BCUT2D eigenvalue weighted by molar-refractivity contribution is -0.758. The van der Waals surface area contributed by atoms with E-state index in [0.29, 0.717) is 0 Å². The summed E-state index contributed by atoms with van der Waals surface area (Å²) in [6.45, 7) is 11.0. The Labute approximate surface area is 115 Å². The Morgan fingerprint density at radius 3 is 2.42 bits per heavy atom. The van der Waals surface area contributed by atoms with E-state index in [9.17, 15) is 0 Å². The average Bonchev–Trinajstić information content (AvgIpc) is 2.45. The van der Waals surface area contributed by atoms with Crippen LogP contribution >= 0.6 is 0 Å². The van der Waals surface area contributed by atoms with Gasteiger partial charge >= 0.3 is 0 Å². The first-order valence-electron chi connectivity index (χ1n) is 6.77. The fraction of sp³-hybridized carbons (Fsp3) is 0.278. The van der Waals surface area contributed by atoms with Crippen molar-refractivity contribution in [3.05, 3.63) is 66.9 Å². The van der Waals surface area contributed by atoms with Gasteiger partial charge in [0.2, 0.25) is 5.69 Å². The zero-order valence-corrected chi connectivity index (χ0v) is 11.9. The normalized spacial score (nSPS) is 23.3. The minimum atomic E-state index is -0.0807. The van der Waals surface area contributed by atoms with E-state index < -0.39 is 0 Å². The van der Waals surface area contributed by atoms with Crippen LogP contribution in [0, 0.1) is 0 Å². The fourth-order valence-electron chi connectivity index (χ4n) is 3.25. The zero-order chi connectivity index (χ0) is 13.7. The maximum Gasteiger partial charge on any atom is 0.213 e. The first kappa shape index (κ1) is 12.2. The average molecular weight is 250 g/mol. The summed E-state index contributed by atoms with van der Waals surface area (Å²) in [5, 5.41) is 0. The van der Waals surface area contributed by atoms with E-state index in [4.69, 9.17) is 0 Å². The van der Waals surface area contributed by atoms with Gasteiger partial charge in [0.1, 0.15) is 0 Å². The van der Waals surface area contributed by atoms with Crippen LogP contribution in [0.4, 0.5) is 0 Å². The van der Waals surface area contributed by atoms with Gasteiger partial charge in [-0.05, 0) is 24.6 Å². The second-order valence-corrected chi connectivity index (χ2v) is 5.97. The number of benzene rings is 1. The molecule has 1 atom stereocenters. The molecule has 0 radical (unpaired) electrons. The Kier molecular flexibility index (Phi) is 2.43. The van der Waals surface area contributed by atoms with E-state index in [0.717, 1.165) is 0 Å². The molecular weight excluding hydrogens is 230 g/mol. The van der Waals surface area contributed by atoms with Crippen LogP contribution < -0.4 is 4.57 Å². The number of allylic oxidation sites excluding steroid dienone is 1. The van der Waals surface area contributed by atoms with Crippen LogP contribution in [0.5, 0.6) is 0 Å². The van der Waals surface area contributed by atoms with Crippen molar-refractivity contribution in [3.63, 3.8) is 0 Å². The molecule has 0 amide bonds. The standard InChI is InChI=1S/C18H20N/c1-5-18(4)15-11-7-6-10-14(15)16-12-8-9-13-19(16)17(18,2)3/h5-13H,1H2,2-4H3/q+1. The van der Waals surface area contributed by atoms with Crippen LogP contribution in [0.1, 0.15) is 26.3 Å². The highest BCUT2D eigenvalue weighted by Gasteiger charge is 2.53. The third-order valence-electron chi connectivity index (χ3n) is 4.90. The Morgan fingerprint density at radius 1 is 1.00 bits per heavy atom. The second-order valence-electron chi connectivity index (χ2n) is 5.97. The van der Waals surface area contributed by atoms with E-state index >= 15 is 0 Å². The van der Waals surface area contributed by atoms with E-state index in [1.165, 1.54) is 16.8 Å². The van der Waals surface area contributed by atoms with Gasteiger partial charge in [-0.15, -0.1) is 6.58 Å². The zero-order valence-electron chi connectivity index (χ0n) is 11.9. The lowest BCUT2D eigenvalue weighted by Crippen LogP contribution is -2.65. The maximum absolute atomic E-state index is 4.11. The molecule has 3 rings (SSSR count). The van der Waals surface area contributed by atoms with Gasteiger partial charge in [0.25, 0.3) is 0 Å². The van der Waals surface area contributed by atoms with Crippen molar-refractivity contribution in [1.82, 2.24) is 0 Å². The molecule has 0 bridgehead atoms. The van der Waals surface area contributed by atoms with Gasteiger partial charge < -0.3 is 0 Å². The molecule has 0 fully saturated rings. The van der Waals surface area contributed by atoms with Crippen LogP contribution in [0.3, 0.4) is 0 Å². The van der Waals surface area contributed by atoms with Gasteiger partial charge in [0, 0.05) is 26.0 Å². The van der Waals surface area contributed by atoms with Gasteiger partial charge in [-0.3, -0.25) is 0 Å². The molecule has 1 unspecified atom stereocenters. The van der Waals surface area contributed by atoms with Crippen LogP contribution in [0.2, 0.25) is 0 Å². The minimum absolute atomic E-state index is 0.0420. The predicted octanol–water partition coefficient (Wildman–Crippen LogP) is 3.83. The molecule has 0 saturated heterocycles. The first-order chi connectivity index (χ1) is 9.02. The number of hydrogen-bond donors (Lipinski definition) is 0. The Balaban J connectivity index is 2.45. The van der Waals surface area contributed by atoms with Crippen molar-refractivity contribution in [2.75, 3.05) is 0 Å². The molecule has 2 heterocycles. The summed E-state index contributed by atoms with van der Waals surface area (Å²) in [4.78, 5) is 0. The Bertz CT molecular complexity index is 654. The van der Waals surface area contributed by atoms with Gasteiger partial charge in [-0.2, -0.15) is 4.57 Å². The number of fused-ring (bicyclic) bond motifs is 3. The summed E-state index contributed by atoms with van der Waals surface area (Å²) in [5.74, 6) is 0. The summed E-state index contributed by atoms with van der Waals surface area (Å²) in [5.41, 5.74) is 3.83.